The summed E-state index contributed by atoms with van der Waals surface area (Å²) in [5, 5.41) is 6.88. The molecular weight excluding hydrogens is 256 g/mol. The van der Waals surface area contributed by atoms with E-state index in [2.05, 4.69) is 10.6 Å². The van der Waals surface area contributed by atoms with E-state index in [-0.39, 0.29) is 5.91 Å². The quantitative estimate of drug-likeness (QED) is 0.869. The van der Waals surface area contributed by atoms with Gasteiger partial charge in [0.25, 0.3) is 5.91 Å². The summed E-state index contributed by atoms with van der Waals surface area (Å²) in [6.07, 6.45) is 3.83. The Kier molecular flexibility index (Phi) is 5.58. The summed E-state index contributed by atoms with van der Waals surface area (Å²) < 4.78 is 0. The highest BCUT2D eigenvalue weighted by Crippen LogP contribution is 2.24. The molecule has 1 aromatic carbocycles. The van der Waals surface area contributed by atoms with Gasteiger partial charge in [-0.1, -0.05) is 18.6 Å². The van der Waals surface area contributed by atoms with E-state index < -0.39 is 0 Å². The number of nitrogens with one attached hydrogen (secondary N) is 2. The van der Waals surface area contributed by atoms with Gasteiger partial charge in [0.1, 0.15) is 0 Å². The lowest BCUT2D eigenvalue weighted by Crippen LogP contribution is -2.32. The van der Waals surface area contributed by atoms with Crippen molar-refractivity contribution in [2.24, 2.45) is 0 Å². The summed E-state index contributed by atoms with van der Waals surface area (Å²) in [6.45, 7) is 3.64. The van der Waals surface area contributed by atoms with Crippen molar-refractivity contribution in [2.75, 3.05) is 24.2 Å². The molecule has 1 heterocycles. The van der Waals surface area contributed by atoms with Gasteiger partial charge >= 0.3 is 0 Å². The fourth-order valence-electron chi connectivity index (χ4n) is 2.30. The molecule has 1 fully saturated rings. The van der Waals surface area contributed by atoms with E-state index in [1.54, 1.807) is 0 Å². The third kappa shape index (κ3) is 4.16. The van der Waals surface area contributed by atoms with E-state index in [0.717, 1.165) is 24.3 Å². The fraction of sp³-hybridized carbons (Fsp3) is 0.533. The van der Waals surface area contributed by atoms with Gasteiger partial charge in [0.2, 0.25) is 0 Å². The number of thioether (sulfide) groups is 1. The maximum Gasteiger partial charge on any atom is 0.253 e. The van der Waals surface area contributed by atoms with Gasteiger partial charge in [0.15, 0.2) is 0 Å². The number of hydrogen-bond donors (Lipinski definition) is 2. The third-order valence-corrected chi connectivity index (χ3v) is 4.70. The zero-order valence-electron chi connectivity index (χ0n) is 11.4. The molecule has 19 heavy (non-hydrogen) atoms. The maximum atomic E-state index is 12.2. The number of rotatable bonds is 5. The molecule has 1 aliphatic heterocycles. The molecule has 1 saturated heterocycles. The summed E-state index contributed by atoms with van der Waals surface area (Å²) >= 11 is 1.98. The Morgan fingerprint density at radius 2 is 2.21 bits per heavy atom. The monoisotopic (exact) mass is 278 g/mol. The van der Waals surface area contributed by atoms with E-state index in [9.17, 15) is 4.79 Å². The van der Waals surface area contributed by atoms with Crippen molar-refractivity contribution < 1.29 is 4.79 Å². The zero-order chi connectivity index (χ0) is 13.5. The zero-order valence-corrected chi connectivity index (χ0v) is 12.3. The molecular formula is C15H22N2OS. The molecule has 0 aliphatic carbocycles. The van der Waals surface area contributed by atoms with Crippen LogP contribution in [0.4, 0.5) is 5.69 Å². The van der Waals surface area contributed by atoms with Crippen LogP contribution in [0.2, 0.25) is 0 Å². The smallest absolute Gasteiger partial charge is 0.253 e. The topological polar surface area (TPSA) is 41.1 Å². The Labute approximate surface area is 119 Å². The highest BCUT2D eigenvalue weighted by atomic mass is 32.2. The maximum absolute atomic E-state index is 12.2. The minimum Gasteiger partial charge on any atom is -0.385 e. The average molecular weight is 278 g/mol. The summed E-state index contributed by atoms with van der Waals surface area (Å²) in [5.74, 6) is 1.26. The standard InChI is InChI=1S/C15H22N2OS/c1-2-16-14-9-4-3-8-13(14)15(18)17-11-12-7-5-6-10-19-12/h3-4,8-9,12,16H,2,5-7,10-11H2,1H3,(H,17,18). The molecule has 0 bridgehead atoms. The summed E-state index contributed by atoms with van der Waals surface area (Å²) in [4.78, 5) is 12.2. The highest BCUT2D eigenvalue weighted by Gasteiger charge is 2.16. The van der Waals surface area contributed by atoms with E-state index >= 15 is 0 Å². The molecule has 1 aromatic rings. The number of anilines is 1. The van der Waals surface area contributed by atoms with E-state index in [4.69, 9.17) is 0 Å². The summed E-state index contributed by atoms with van der Waals surface area (Å²) in [6, 6.07) is 7.69. The van der Waals surface area contributed by atoms with Gasteiger partial charge in [-0.2, -0.15) is 11.8 Å². The molecule has 1 unspecified atom stereocenters. The lowest BCUT2D eigenvalue weighted by atomic mass is 10.1. The Bertz CT molecular complexity index is 416. The number of benzene rings is 1. The molecule has 1 atom stereocenters. The van der Waals surface area contributed by atoms with Crippen LogP contribution in [0.1, 0.15) is 36.5 Å². The van der Waals surface area contributed by atoms with Gasteiger partial charge in [-0.25, -0.2) is 0 Å². The van der Waals surface area contributed by atoms with Crippen LogP contribution in [0, 0.1) is 0 Å². The first-order valence-electron chi connectivity index (χ1n) is 7.04. The van der Waals surface area contributed by atoms with Gasteiger partial charge in [-0.05, 0) is 37.7 Å². The van der Waals surface area contributed by atoms with E-state index in [1.807, 2.05) is 43.0 Å². The molecule has 104 valence electrons. The van der Waals surface area contributed by atoms with E-state index in [0.29, 0.717) is 5.25 Å². The minimum atomic E-state index is 0.0303. The van der Waals surface area contributed by atoms with Crippen molar-refractivity contribution in [1.29, 1.82) is 0 Å². The van der Waals surface area contributed by atoms with Crippen LogP contribution in [0.25, 0.3) is 0 Å². The fourth-order valence-corrected chi connectivity index (χ4v) is 3.53. The number of hydrogen-bond acceptors (Lipinski definition) is 3. The van der Waals surface area contributed by atoms with Gasteiger partial charge in [-0.3, -0.25) is 4.79 Å². The van der Waals surface area contributed by atoms with Gasteiger partial charge in [0.05, 0.1) is 5.56 Å². The van der Waals surface area contributed by atoms with Crippen LogP contribution in [0.15, 0.2) is 24.3 Å². The largest absolute Gasteiger partial charge is 0.385 e. The van der Waals surface area contributed by atoms with Crippen LogP contribution in [-0.4, -0.2) is 30.0 Å². The predicted octanol–water partition coefficient (Wildman–Crippen LogP) is 3.13. The molecule has 0 spiro atoms. The number of carbonyl (C=O) groups is 1. The molecule has 2 rings (SSSR count). The van der Waals surface area contributed by atoms with Crippen LogP contribution in [-0.2, 0) is 0 Å². The minimum absolute atomic E-state index is 0.0303. The lowest BCUT2D eigenvalue weighted by molar-refractivity contribution is 0.0954. The van der Waals surface area contributed by atoms with Crippen molar-refractivity contribution in [1.82, 2.24) is 5.32 Å². The first kappa shape index (κ1) is 14.3. The normalized spacial score (nSPS) is 18.9. The van der Waals surface area contributed by atoms with E-state index in [1.165, 1.54) is 25.0 Å². The Balaban J connectivity index is 1.91. The van der Waals surface area contributed by atoms with Crippen molar-refractivity contribution in [3.05, 3.63) is 29.8 Å². The Morgan fingerprint density at radius 3 is 2.95 bits per heavy atom. The van der Waals surface area contributed by atoms with Gasteiger partial charge in [-0.15, -0.1) is 0 Å². The van der Waals surface area contributed by atoms with Crippen molar-refractivity contribution in [3.63, 3.8) is 0 Å². The summed E-state index contributed by atoms with van der Waals surface area (Å²) in [5.41, 5.74) is 1.66. The second kappa shape index (κ2) is 7.43. The molecule has 3 nitrogen and oxygen atoms in total. The Morgan fingerprint density at radius 1 is 1.37 bits per heavy atom. The molecule has 0 aromatic heterocycles. The summed E-state index contributed by atoms with van der Waals surface area (Å²) in [7, 11) is 0. The van der Waals surface area contributed by atoms with Gasteiger partial charge in [0, 0.05) is 24.0 Å². The SMILES string of the molecule is CCNc1ccccc1C(=O)NCC1CCCCS1. The van der Waals surface area contributed by atoms with Crippen LogP contribution in [0.5, 0.6) is 0 Å². The van der Waals surface area contributed by atoms with Gasteiger partial charge < -0.3 is 10.6 Å². The number of carbonyl (C=O) groups excluding carboxylic acids is 1. The molecule has 2 N–H and O–H groups in total. The molecule has 0 saturated carbocycles. The average Bonchev–Trinajstić information content (AvgIpc) is 2.47. The first-order chi connectivity index (χ1) is 9.31. The Hall–Kier alpha value is -1.16. The highest BCUT2D eigenvalue weighted by molar-refractivity contribution is 7.99. The number of para-hydroxylation sites is 1. The number of amides is 1. The first-order valence-corrected chi connectivity index (χ1v) is 8.09. The van der Waals surface area contributed by atoms with Crippen LogP contribution >= 0.6 is 11.8 Å². The third-order valence-electron chi connectivity index (χ3n) is 3.30. The lowest BCUT2D eigenvalue weighted by Gasteiger charge is -2.21. The second-order valence-electron chi connectivity index (χ2n) is 4.77. The van der Waals surface area contributed by atoms with Crippen LogP contribution in [0.3, 0.4) is 0 Å². The van der Waals surface area contributed by atoms with Crippen LogP contribution < -0.4 is 10.6 Å². The predicted molar refractivity (Wildman–Crippen MR) is 83.0 cm³/mol. The van der Waals surface area contributed by atoms with Crippen molar-refractivity contribution >= 4 is 23.4 Å². The molecule has 1 amide bonds. The molecule has 1 aliphatic rings. The van der Waals surface area contributed by atoms with Crippen molar-refractivity contribution in [3.8, 4) is 0 Å². The molecule has 4 heteroatoms. The van der Waals surface area contributed by atoms with Crippen molar-refractivity contribution in [2.45, 2.75) is 31.4 Å². The second-order valence-corrected chi connectivity index (χ2v) is 6.18. The molecule has 0 radical (unpaired) electrons.